The first-order chi connectivity index (χ1) is 11.7. The average molecular weight is 347 g/mol. The number of carbonyl (C=O) groups is 3. The van der Waals surface area contributed by atoms with Crippen LogP contribution in [0.1, 0.15) is 40.0 Å². The zero-order valence-electron chi connectivity index (χ0n) is 14.8. The van der Waals surface area contributed by atoms with Gasteiger partial charge in [-0.25, -0.2) is 4.79 Å². The van der Waals surface area contributed by atoms with Crippen LogP contribution in [0.25, 0.3) is 0 Å². The molecule has 1 aliphatic rings. The minimum absolute atomic E-state index is 0.0201. The molecule has 3 N–H and O–H groups in total. The SMILES string of the molecule is CC(C)(C)OC(=O)NCCC(=O)Nc1ccccc1NC(=O)C1CC1. The lowest BCUT2D eigenvalue weighted by molar-refractivity contribution is -0.117. The third-order valence-corrected chi connectivity index (χ3v) is 3.43. The maximum atomic E-state index is 12.0. The third kappa shape index (κ3) is 6.82. The van der Waals surface area contributed by atoms with Crippen molar-refractivity contribution in [1.82, 2.24) is 5.32 Å². The van der Waals surface area contributed by atoms with E-state index in [4.69, 9.17) is 4.74 Å². The van der Waals surface area contributed by atoms with Crippen LogP contribution in [-0.4, -0.2) is 30.1 Å². The number of hydrogen-bond donors (Lipinski definition) is 3. The van der Waals surface area contributed by atoms with Crippen molar-refractivity contribution in [3.05, 3.63) is 24.3 Å². The highest BCUT2D eigenvalue weighted by atomic mass is 16.6. The molecule has 7 heteroatoms. The van der Waals surface area contributed by atoms with E-state index in [1.165, 1.54) is 0 Å². The topological polar surface area (TPSA) is 96.5 Å². The van der Waals surface area contributed by atoms with Crippen LogP contribution in [0.5, 0.6) is 0 Å². The van der Waals surface area contributed by atoms with Crippen molar-refractivity contribution >= 4 is 29.3 Å². The summed E-state index contributed by atoms with van der Waals surface area (Å²) < 4.78 is 5.10. The number of nitrogens with one attached hydrogen (secondary N) is 3. The van der Waals surface area contributed by atoms with Gasteiger partial charge in [-0.3, -0.25) is 9.59 Å². The molecule has 136 valence electrons. The van der Waals surface area contributed by atoms with Gasteiger partial charge in [-0.2, -0.15) is 0 Å². The molecule has 0 unspecified atom stereocenters. The van der Waals surface area contributed by atoms with Gasteiger partial charge in [0.15, 0.2) is 0 Å². The maximum Gasteiger partial charge on any atom is 0.407 e. The van der Waals surface area contributed by atoms with Gasteiger partial charge in [-0.05, 0) is 45.7 Å². The predicted octanol–water partition coefficient (Wildman–Crippen LogP) is 2.89. The van der Waals surface area contributed by atoms with Crippen LogP contribution in [0, 0.1) is 5.92 Å². The third-order valence-electron chi connectivity index (χ3n) is 3.43. The zero-order valence-corrected chi connectivity index (χ0v) is 14.8. The highest BCUT2D eigenvalue weighted by molar-refractivity contribution is 6.00. The van der Waals surface area contributed by atoms with Crippen molar-refractivity contribution in [1.29, 1.82) is 0 Å². The molecule has 0 bridgehead atoms. The summed E-state index contributed by atoms with van der Waals surface area (Å²) in [7, 11) is 0. The molecule has 3 amide bonds. The quantitative estimate of drug-likeness (QED) is 0.737. The Morgan fingerprint density at radius 3 is 2.24 bits per heavy atom. The predicted molar refractivity (Wildman–Crippen MR) is 95.3 cm³/mol. The second kappa shape index (κ2) is 8.00. The Balaban J connectivity index is 1.80. The van der Waals surface area contributed by atoms with E-state index in [2.05, 4.69) is 16.0 Å². The summed E-state index contributed by atoms with van der Waals surface area (Å²) in [5.41, 5.74) is 0.539. The Morgan fingerprint density at radius 1 is 1.08 bits per heavy atom. The number of alkyl carbamates (subject to hydrolysis) is 1. The minimum Gasteiger partial charge on any atom is -0.444 e. The van der Waals surface area contributed by atoms with Crippen molar-refractivity contribution in [3.8, 4) is 0 Å². The van der Waals surface area contributed by atoms with Crippen LogP contribution < -0.4 is 16.0 Å². The Bertz CT molecular complexity index is 648. The summed E-state index contributed by atoms with van der Waals surface area (Å²) in [5.74, 6) is -0.195. The molecule has 1 aliphatic carbocycles. The molecule has 1 fully saturated rings. The second-order valence-electron chi connectivity index (χ2n) is 7.04. The Hall–Kier alpha value is -2.57. The van der Waals surface area contributed by atoms with Gasteiger partial charge in [0.2, 0.25) is 11.8 Å². The molecule has 0 radical (unpaired) electrons. The lowest BCUT2D eigenvalue weighted by atomic mass is 10.2. The Kier molecular flexibility index (Phi) is 6.01. The number of anilines is 2. The Morgan fingerprint density at radius 2 is 1.68 bits per heavy atom. The zero-order chi connectivity index (χ0) is 18.4. The van der Waals surface area contributed by atoms with Crippen LogP contribution >= 0.6 is 0 Å². The van der Waals surface area contributed by atoms with Crippen LogP contribution in [0.4, 0.5) is 16.2 Å². The second-order valence-corrected chi connectivity index (χ2v) is 7.04. The number of benzene rings is 1. The van der Waals surface area contributed by atoms with E-state index in [0.29, 0.717) is 11.4 Å². The first kappa shape index (κ1) is 18.8. The highest BCUT2D eigenvalue weighted by Crippen LogP contribution is 2.31. The first-order valence-corrected chi connectivity index (χ1v) is 8.41. The van der Waals surface area contributed by atoms with E-state index >= 15 is 0 Å². The maximum absolute atomic E-state index is 12.0. The van der Waals surface area contributed by atoms with Gasteiger partial charge in [0, 0.05) is 18.9 Å². The summed E-state index contributed by atoms with van der Waals surface area (Å²) in [6.45, 7) is 5.47. The normalized spacial score (nSPS) is 13.7. The smallest absolute Gasteiger partial charge is 0.407 e. The van der Waals surface area contributed by atoms with E-state index in [1.807, 2.05) is 0 Å². The van der Waals surface area contributed by atoms with Crippen molar-refractivity contribution in [2.75, 3.05) is 17.2 Å². The molecule has 0 aromatic heterocycles. The Labute approximate surface area is 147 Å². The summed E-state index contributed by atoms with van der Waals surface area (Å²) in [4.78, 5) is 35.5. The minimum atomic E-state index is -0.578. The van der Waals surface area contributed by atoms with Crippen LogP contribution in [0.3, 0.4) is 0 Å². The molecule has 7 nitrogen and oxygen atoms in total. The molecule has 0 atom stereocenters. The monoisotopic (exact) mass is 347 g/mol. The number of rotatable bonds is 6. The molecule has 0 saturated heterocycles. The number of hydrogen-bond acceptors (Lipinski definition) is 4. The van der Waals surface area contributed by atoms with E-state index < -0.39 is 11.7 Å². The van der Waals surface area contributed by atoms with Gasteiger partial charge in [-0.15, -0.1) is 0 Å². The first-order valence-electron chi connectivity index (χ1n) is 8.41. The molecular formula is C18H25N3O4. The van der Waals surface area contributed by atoms with Gasteiger partial charge in [0.05, 0.1) is 11.4 Å². The van der Waals surface area contributed by atoms with Gasteiger partial charge < -0.3 is 20.7 Å². The van der Waals surface area contributed by atoms with Crippen LogP contribution in [-0.2, 0) is 14.3 Å². The van der Waals surface area contributed by atoms with E-state index in [9.17, 15) is 14.4 Å². The molecule has 1 aromatic carbocycles. The lowest BCUT2D eigenvalue weighted by Gasteiger charge is -2.19. The highest BCUT2D eigenvalue weighted by Gasteiger charge is 2.30. The summed E-state index contributed by atoms with van der Waals surface area (Å²) in [6.07, 6.45) is 1.37. The molecule has 25 heavy (non-hydrogen) atoms. The number of carbonyl (C=O) groups excluding carboxylic acids is 3. The van der Waals surface area contributed by atoms with Crippen molar-refractivity contribution in [2.45, 2.75) is 45.6 Å². The number of amides is 3. The van der Waals surface area contributed by atoms with E-state index in [1.54, 1.807) is 45.0 Å². The molecule has 2 rings (SSSR count). The van der Waals surface area contributed by atoms with Gasteiger partial charge in [0.1, 0.15) is 5.60 Å². The largest absolute Gasteiger partial charge is 0.444 e. The fraction of sp³-hybridized carbons (Fsp3) is 0.500. The van der Waals surface area contributed by atoms with E-state index in [0.717, 1.165) is 12.8 Å². The molecule has 1 aromatic rings. The molecule has 0 heterocycles. The van der Waals surface area contributed by atoms with Crippen LogP contribution in [0.2, 0.25) is 0 Å². The molecular weight excluding hydrogens is 322 g/mol. The van der Waals surface area contributed by atoms with E-state index in [-0.39, 0.29) is 30.7 Å². The number of ether oxygens (including phenoxy) is 1. The van der Waals surface area contributed by atoms with Crippen molar-refractivity contribution < 1.29 is 19.1 Å². The molecule has 0 aliphatic heterocycles. The van der Waals surface area contributed by atoms with Crippen molar-refractivity contribution in [3.63, 3.8) is 0 Å². The molecule has 0 spiro atoms. The summed E-state index contributed by atoms with van der Waals surface area (Å²) >= 11 is 0. The summed E-state index contributed by atoms with van der Waals surface area (Å²) in [6, 6.07) is 7.04. The van der Waals surface area contributed by atoms with Gasteiger partial charge in [0.25, 0.3) is 0 Å². The summed E-state index contributed by atoms with van der Waals surface area (Å²) in [5, 5.41) is 8.12. The molecule has 1 saturated carbocycles. The van der Waals surface area contributed by atoms with Gasteiger partial charge >= 0.3 is 6.09 Å². The fourth-order valence-electron chi connectivity index (χ4n) is 2.09. The number of para-hydroxylation sites is 2. The fourth-order valence-corrected chi connectivity index (χ4v) is 2.09. The average Bonchev–Trinajstić information content (AvgIpc) is 3.32. The van der Waals surface area contributed by atoms with Crippen molar-refractivity contribution in [2.24, 2.45) is 5.92 Å². The van der Waals surface area contributed by atoms with Crippen LogP contribution in [0.15, 0.2) is 24.3 Å². The standard InChI is InChI=1S/C18H25N3O4/c1-18(2,3)25-17(24)19-11-10-15(22)20-13-6-4-5-7-14(13)21-16(23)12-8-9-12/h4-7,12H,8-11H2,1-3H3,(H,19,24)(H,20,22)(H,21,23). The lowest BCUT2D eigenvalue weighted by Crippen LogP contribution is -2.34. The van der Waals surface area contributed by atoms with Gasteiger partial charge in [-0.1, -0.05) is 12.1 Å².